The second-order valence-corrected chi connectivity index (χ2v) is 6.22. The number of hydrogen-bond donors (Lipinski definition) is 2. The van der Waals surface area contributed by atoms with Gasteiger partial charge in [-0.1, -0.05) is 30.3 Å². The van der Waals surface area contributed by atoms with Crippen LogP contribution in [-0.2, 0) is 15.1 Å². The molecule has 0 aliphatic rings. The summed E-state index contributed by atoms with van der Waals surface area (Å²) in [7, 11) is 1.63. The summed E-state index contributed by atoms with van der Waals surface area (Å²) in [6.07, 6.45) is -5.24. The average molecular weight is 412 g/mol. The highest BCUT2D eigenvalue weighted by molar-refractivity contribution is 7.80. The predicted molar refractivity (Wildman–Crippen MR) is 104 cm³/mol. The summed E-state index contributed by atoms with van der Waals surface area (Å²) in [5.41, 5.74) is -3.17. The molecule has 0 fully saturated rings. The number of para-hydroxylation sites is 1. The monoisotopic (exact) mass is 412 g/mol. The van der Waals surface area contributed by atoms with E-state index in [1.54, 1.807) is 11.9 Å². The summed E-state index contributed by atoms with van der Waals surface area (Å²) >= 11 is 5.29. The molecule has 0 aromatic heterocycles. The van der Waals surface area contributed by atoms with E-state index in [4.69, 9.17) is 12.2 Å². The van der Waals surface area contributed by atoms with Crippen molar-refractivity contribution in [3.63, 3.8) is 0 Å². The number of benzene rings is 2. The third-order valence-electron chi connectivity index (χ3n) is 3.98. The highest BCUT2D eigenvalue weighted by atomic mass is 32.1. The number of carbonyl (C=O) groups excluding carboxylic acids is 1. The Balaban J connectivity index is 2.25. The first-order valence-electron chi connectivity index (χ1n) is 8.28. The molecule has 0 bridgehead atoms. The van der Waals surface area contributed by atoms with Crippen LogP contribution < -0.4 is 10.2 Å². The van der Waals surface area contributed by atoms with Crippen LogP contribution in [0, 0.1) is 0 Å². The van der Waals surface area contributed by atoms with E-state index in [9.17, 15) is 23.1 Å². The van der Waals surface area contributed by atoms with Crippen LogP contribution in [-0.4, -0.2) is 36.0 Å². The van der Waals surface area contributed by atoms with E-state index in [2.05, 4.69) is 10.1 Å². The van der Waals surface area contributed by atoms with Crippen molar-refractivity contribution in [1.29, 1.82) is 0 Å². The van der Waals surface area contributed by atoms with E-state index in [0.717, 1.165) is 17.8 Å². The summed E-state index contributed by atoms with van der Waals surface area (Å²) in [5.74, 6) is -1.77. The standard InChI is InChI=1S/C19H19F3N2O3S/c1-3-27-16(25)18(26,19(20,21)22)13-9-11-15(12-10-13)24(2)17(28)23-14-7-5-4-6-8-14/h4-12,26H,3H2,1-2H3,(H,23,28)/t18-/m0/s1. The van der Waals surface area contributed by atoms with Gasteiger partial charge in [-0.3, -0.25) is 0 Å². The molecule has 2 aromatic rings. The van der Waals surface area contributed by atoms with Gasteiger partial charge in [-0.05, 0) is 43.4 Å². The second-order valence-electron chi connectivity index (χ2n) is 5.83. The molecular weight excluding hydrogens is 393 g/mol. The lowest BCUT2D eigenvalue weighted by atomic mass is 9.93. The maximum absolute atomic E-state index is 13.4. The van der Waals surface area contributed by atoms with Crippen molar-refractivity contribution >= 4 is 34.7 Å². The third kappa shape index (κ3) is 4.42. The minimum Gasteiger partial charge on any atom is -0.463 e. The van der Waals surface area contributed by atoms with E-state index in [-0.39, 0.29) is 6.61 Å². The fourth-order valence-electron chi connectivity index (χ4n) is 2.41. The first kappa shape index (κ1) is 21.6. The van der Waals surface area contributed by atoms with Crippen molar-refractivity contribution in [3.05, 3.63) is 60.2 Å². The Morgan fingerprint density at radius 3 is 2.21 bits per heavy atom. The largest absolute Gasteiger partial charge is 0.463 e. The lowest BCUT2D eigenvalue weighted by molar-refractivity contribution is -0.267. The van der Waals surface area contributed by atoms with Crippen LogP contribution in [0.4, 0.5) is 24.5 Å². The molecule has 0 unspecified atom stereocenters. The van der Waals surface area contributed by atoms with Gasteiger partial charge in [0.2, 0.25) is 0 Å². The van der Waals surface area contributed by atoms with E-state index in [1.807, 2.05) is 30.3 Å². The number of rotatable bonds is 5. The Hall–Kier alpha value is -2.65. The van der Waals surface area contributed by atoms with Gasteiger partial charge in [-0.25, -0.2) is 4.79 Å². The van der Waals surface area contributed by atoms with Crippen LogP contribution >= 0.6 is 12.2 Å². The molecule has 1 atom stereocenters. The number of nitrogens with one attached hydrogen (secondary N) is 1. The molecular formula is C19H19F3N2O3S. The summed E-state index contributed by atoms with van der Waals surface area (Å²) < 4.78 is 44.6. The Kier molecular flexibility index (Phi) is 6.63. The van der Waals surface area contributed by atoms with Crippen LogP contribution in [0.5, 0.6) is 0 Å². The van der Waals surface area contributed by atoms with Gasteiger partial charge in [-0.2, -0.15) is 13.2 Å². The lowest BCUT2D eigenvalue weighted by Crippen LogP contribution is -2.50. The number of nitrogens with zero attached hydrogens (tertiary/aromatic N) is 1. The number of hydrogen-bond acceptors (Lipinski definition) is 4. The smallest absolute Gasteiger partial charge is 0.432 e. The average Bonchev–Trinajstić information content (AvgIpc) is 2.67. The fraction of sp³-hybridized carbons (Fsp3) is 0.263. The molecule has 0 aliphatic heterocycles. The van der Waals surface area contributed by atoms with E-state index in [1.165, 1.54) is 19.1 Å². The summed E-state index contributed by atoms with van der Waals surface area (Å²) in [6, 6.07) is 13.8. The minimum absolute atomic E-state index is 0.294. The van der Waals surface area contributed by atoms with Gasteiger partial charge in [0.1, 0.15) is 0 Å². The summed E-state index contributed by atoms with van der Waals surface area (Å²) in [5, 5.41) is 13.4. The minimum atomic E-state index is -5.24. The van der Waals surface area contributed by atoms with Crippen molar-refractivity contribution in [2.24, 2.45) is 0 Å². The predicted octanol–water partition coefficient (Wildman–Crippen LogP) is 3.83. The molecule has 0 radical (unpaired) electrons. The first-order valence-corrected chi connectivity index (χ1v) is 8.68. The van der Waals surface area contributed by atoms with Gasteiger partial charge in [0, 0.05) is 24.0 Å². The molecule has 0 spiro atoms. The van der Waals surface area contributed by atoms with Crippen LogP contribution in [0.15, 0.2) is 54.6 Å². The Morgan fingerprint density at radius 2 is 1.71 bits per heavy atom. The highest BCUT2D eigenvalue weighted by Gasteiger charge is 2.62. The zero-order valence-electron chi connectivity index (χ0n) is 15.2. The topological polar surface area (TPSA) is 61.8 Å². The number of alkyl halides is 3. The number of ether oxygens (including phenoxy) is 1. The summed E-state index contributed by atoms with van der Waals surface area (Å²) in [6.45, 7) is 1.06. The van der Waals surface area contributed by atoms with Gasteiger partial charge in [0.05, 0.1) is 6.61 Å². The zero-order chi connectivity index (χ0) is 20.9. The van der Waals surface area contributed by atoms with Crippen LogP contribution in [0.1, 0.15) is 12.5 Å². The van der Waals surface area contributed by atoms with Gasteiger partial charge >= 0.3 is 12.1 Å². The maximum atomic E-state index is 13.4. The highest BCUT2D eigenvalue weighted by Crippen LogP contribution is 2.40. The van der Waals surface area contributed by atoms with Gasteiger partial charge < -0.3 is 20.1 Å². The van der Waals surface area contributed by atoms with Gasteiger partial charge in [0.15, 0.2) is 5.11 Å². The Bertz CT molecular complexity index is 829. The molecule has 0 saturated heterocycles. The summed E-state index contributed by atoms with van der Waals surface area (Å²) in [4.78, 5) is 13.4. The van der Waals surface area contributed by atoms with Gasteiger partial charge in [-0.15, -0.1) is 0 Å². The maximum Gasteiger partial charge on any atom is 0.432 e. The molecule has 0 saturated carbocycles. The molecule has 28 heavy (non-hydrogen) atoms. The first-order chi connectivity index (χ1) is 13.1. The number of halogens is 3. The fourth-order valence-corrected chi connectivity index (χ4v) is 2.63. The normalized spacial score (nSPS) is 13.4. The number of thiocarbonyl (C=S) groups is 1. The second kappa shape index (κ2) is 8.57. The van der Waals surface area contributed by atoms with Crippen LogP contribution in [0.25, 0.3) is 0 Å². The van der Waals surface area contributed by atoms with Crippen molar-refractivity contribution in [3.8, 4) is 0 Å². The van der Waals surface area contributed by atoms with E-state index in [0.29, 0.717) is 10.8 Å². The Labute approximate surface area is 165 Å². The van der Waals surface area contributed by atoms with E-state index < -0.39 is 23.3 Å². The van der Waals surface area contributed by atoms with Crippen LogP contribution in [0.2, 0.25) is 0 Å². The van der Waals surface area contributed by atoms with E-state index >= 15 is 0 Å². The van der Waals surface area contributed by atoms with Gasteiger partial charge in [0.25, 0.3) is 5.60 Å². The molecule has 2 aromatic carbocycles. The van der Waals surface area contributed by atoms with Crippen molar-refractivity contribution < 1.29 is 27.8 Å². The molecule has 2 rings (SSSR count). The molecule has 2 N–H and O–H groups in total. The molecule has 0 amide bonds. The lowest BCUT2D eigenvalue weighted by Gasteiger charge is -2.29. The molecule has 5 nitrogen and oxygen atoms in total. The Morgan fingerprint density at radius 1 is 1.14 bits per heavy atom. The van der Waals surface area contributed by atoms with Crippen LogP contribution in [0.3, 0.4) is 0 Å². The third-order valence-corrected chi connectivity index (χ3v) is 4.36. The molecule has 9 heteroatoms. The molecule has 0 aliphatic carbocycles. The van der Waals surface area contributed by atoms with Crippen molar-refractivity contribution in [2.75, 3.05) is 23.9 Å². The number of carbonyl (C=O) groups is 1. The number of aliphatic hydroxyl groups is 1. The zero-order valence-corrected chi connectivity index (χ0v) is 16.0. The quantitative estimate of drug-likeness (QED) is 0.575. The van der Waals surface area contributed by atoms with Crippen molar-refractivity contribution in [1.82, 2.24) is 0 Å². The van der Waals surface area contributed by atoms with Crippen molar-refractivity contribution in [2.45, 2.75) is 18.7 Å². The SMILES string of the molecule is CCOC(=O)[C@@](O)(c1ccc(N(C)C(=S)Nc2ccccc2)cc1)C(F)(F)F. The molecule has 150 valence electrons. The molecule has 0 heterocycles. The number of esters is 1. The number of anilines is 2.